The Morgan fingerprint density at radius 2 is 1.23 bits per heavy atom. The van der Waals surface area contributed by atoms with Gasteiger partial charge in [0, 0.05) is 37.9 Å². The number of carbonyl (C=O) groups excluding carboxylic acids is 1. The lowest BCUT2D eigenvalue weighted by molar-refractivity contribution is -0.118. The molecule has 0 spiro atoms. The summed E-state index contributed by atoms with van der Waals surface area (Å²) in [6, 6.07) is 30.4. The molecule has 0 saturated heterocycles. The Morgan fingerprint density at radius 1 is 0.731 bits per heavy atom. The molecule has 3 aromatic rings. The summed E-state index contributed by atoms with van der Waals surface area (Å²) in [6.45, 7) is 1.46. The molecule has 0 aliphatic heterocycles. The maximum Gasteiger partial charge on any atom is 0.228 e. The highest BCUT2D eigenvalue weighted by Gasteiger charge is 2.14. The molecule has 0 fully saturated rings. The second-order valence-electron chi connectivity index (χ2n) is 6.28. The van der Waals surface area contributed by atoms with Crippen molar-refractivity contribution in [2.75, 3.05) is 23.4 Å². The van der Waals surface area contributed by atoms with Crippen LogP contribution in [0.4, 0.5) is 11.4 Å². The van der Waals surface area contributed by atoms with Crippen molar-refractivity contribution in [1.82, 2.24) is 0 Å². The van der Waals surface area contributed by atoms with Crippen LogP contribution in [0.25, 0.3) is 0 Å². The number of para-hydroxylation sites is 2. The molecule has 0 aliphatic rings. The van der Waals surface area contributed by atoms with Gasteiger partial charge in [0.2, 0.25) is 5.91 Å². The van der Waals surface area contributed by atoms with Crippen LogP contribution in [0.15, 0.2) is 91.0 Å². The number of anilines is 2. The van der Waals surface area contributed by atoms with Gasteiger partial charge in [0.15, 0.2) is 0 Å². The third-order valence-corrected chi connectivity index (χ3v) is 4.45. The molecule has 26 heavy (non-hydrogen) atoms. The average molecular weight is 344 g/mol. The first-order chi connectivity index (χ1) is 12.7. The zero-order valence-electron chi connectivity index (χ0n) is 15.1. The quantitative estimate of drug-likeness (QED) is 0.618. The van der Waals surface area contributed by atoms with Crippen molar-refractivity contribution in [2.24, 2.45) is 0 Å². The highest BCUT2D eigenvalue weighted by atomic mass is 16.2. The van der Waals surface area contributed by atoms with Crippen molar-refractivity contribution in [3.63, 3.8) is 0 Å². The summed E-state index contributed by atoms with van der Waals surface area (Å²) >= 11 is 0. The molecule has 1 amide bonds. The van der Waals surface area contributed by atoms with E-state index in [1.165, 1.54) is 5.56 Å². The van der Waals surface area contributed by atoms with Gasteiger partial charge in [-0.25, -0.2) is 0 Å². The van der Waals surface area contributed by atoms with E-state index in [4.69, 9.17) is 0 Å². The highest BCUT2D eigenvalue weighted by Crippen LogP contribution is 2.18. The largest absolute Gasteiger partial charge is 0.367 e. The van der Waals surface area contributed by atoms with Crippen LogP contribution in [0.2, 0.25) is 0 Å². The molecule has 0 heterocycles. The first-order valence-electron chi connectivity index (χ1n) is 8.89. The minimum absolute atomic E-state index is 0.116. The van der Waals surface area contributed by atoms with Crippen LogP contribution in [-0.2, 0) is 11.3 Å². The van der Waals surface area contributed by atoms with Crippen molar-refractivity contribution >= 4 is 17.3 Å². The summed E-state index contributed by atoms with van der Waals surface area (Å²) in [6.07, 6.45) is 0.465. The molecule has 0 N–H and O–H groups in total. The predicted molar refractivity (Wildman–Crippen MR) is 108 cm³/mol. The van der Waals surface area contributed by atoms with Gasteiger partial charge in [-0.1, -0.05) is 66.7 Å². The second-order valence-corrected chi connectivity index (χ2v) is 6.28. The molecule has 0 bridgehead atoms. The van der Waals surface area contributed by atoms with Gasteiger partial charge in [0.1, 0.15) is 0 Å². The zero-order valence-corrected chi connectivity index (χ0v) is 15.1. The van der Waals surface area contributed by atoms with Crippen molar-refractivity contribution in [3.05, 3.63) is 96.6 Å². The summed E-state index contributed by atoms with van der Waals surface area (Å²) in [5, 5.41) is 0. The molecule has 3 rings (SSSR count). The Bertz CT molecular complexity index is 803. The maximum atomic E-state index is 12.6. The maximum absolute atomic E-state index is 12.6. The monoisotopic (exact) mass is 344 g/mol. The van der Waals surface area contributed by atoms with E-state index in [1.54, 1.807) is 4.90 Å². The lowest BCUT2D eigenvalue weighted by Gasteiger charge is -2.26. The SMILES string of the molecule is CN(C(=O)CCN(Cc1ccccc1)c1ccccc1)c1ccccc1. The number of rotatable bonds is 7. The Hall–Kier alpha value is -3.07. The van der Waals surface area contributed by atoms with Gasteiger partial charge < -0.3 is 9.80 Å². The minimum atomic E-state index is 0.116. The smallest absolute Gasteiger partial charge is 0.228 e. The summed E-state index contributed by atoms with van der Waals surface area (Å²) in [4.78, 5) is 16.6. The van der Waals surface area contributed by atoms with Gasteiger partial charge in [-0.05, 0) is 29.8 Å². The Labute approximate surface area is 155 Å². The standard InChI is InChI=1S/C23H24N2O/c1-24(21-13-7-3-8-14-21)23(26)17-18-25(22-15-9-4-10-16-22)19-20-11-5-2-6-12-20/h2-16H,17-19H2,1H3. The molecule has 3 nitrogen and oxygen atoms in total. The predicted octanol–water partition coefficient (Wildman–Crippen LogP) is 4.75. The number of amides is 1. The first-order valence-corrected chi connectivity index (χ1v) is 8.89. The lowest BCUT2D eigenvalue weighted by atomic mass is 10.2. The topological polar surface area (TPSA) is 23.6 Å². The molecule has 0 aromatic heterocycles. The lowest BCUT2D eigenvalue weighted by Crippen LogP contribution is -2.32. The second kappa shape index (κ2) is 8.86. The highest BCUT2D eigenvalue weighted by molar-refractivity contribution is 5.93. The molecule has 0 aliphatic carbocycles. The molecule has 132 valence electrons. The number of hydrogen-bond donors (Lipinski definition) is 0. The van der Waals surface area contributed by atoms with Crippen molar-refractivity contribution in [3.8, 4) is 0 Å². The molecular formula is C23H24N2O. The number of nitrogens with zero attached hydrogens (tertiary/aromatic N) is 2. The molecule has 0 unspecified atom stereocenters. The van der Waals surface area contributed by atoms with Gasteiger partial charge in [-0.15, -0.1) is 0 Å². The Balaban J connectivity index is 1.69. The summed E-state index contributed by atoms with van der Waals surface area (Å²) < 4.78 is 0. The molecule has 0 radical (unpaired) electrons. The summed E-state index contributed by atoms with van der Waals surface area (Å²) in [5.74, 6) is 0.116. The fourth-order valence-electron chi connectivity index (χ4n) is 2.94. The fourth-order valence-corrected chi connectivity index (χ4v) is 2.94. The zero-order chi connectivity index (χ0) is 18.2. The van der Waals surface area contributed by atoms with Crippen LogP contribution < -0.4 is 9.80 Å². The molecule has 0 saturated carbocycles. The molecule has 3 aromatic carbocycles. The van der Waals surface area contributed by atoms with Gasteiger partial charge in [0.25, 0.3) is 0 Å². The number of benzene rings is 3. The van der Waals surface area contributed by atoms with E-state index in [0.717, 1.165) is 17.9 Å². The van der Waals surface area contributed by atoms with Gasteiger partial charge >= 0.3 is 0 Å². The number of hydrogen-bond acceptors (Lipinski definition) is 2. The van der Waals surface area contributed by atoms with Crippen molar-refractivity contribution in [2.45, 2.75) is 13.0 Å². The third kappa shape index (κ3) is 4.73. The minimum Gasteiger partial charge on any atom is -0.367 e. The molecule has 0 atom stereocenters. The van der Waals surface area contributed by atoms with Crippen LogP contribution in [0.3, 0.4) is 0 Å². The van der Waals surface area contributed by atoms with E-state index in [-0.39, 0.29) is 5.91 Å². The van der Waals surface area contributed by atoms with E-state index in [1.807, 2.05) is 73.8 Å². The van der Waals surface area contributed by atoms with Crippen LogP contribution in [0.1, 0.15) is 12.0 Å². The number of carbonyl (C=O) groups is 1. The summed E-state index contributed by atoms with van der Waals surface area (Å²) in [5.41, 5.74) is 3.29. The molecular weight excluding hydrogens is 320 g/mol. The normalized spacial score (nSPS) is 10.3. The first kappa shape index (κ1) is 17.7. The molecule has 3 heteroatoms. The fraction of sp³-hybridized carbons (Fsp3) is 0.174. The van der Waals surface area contributed by atoms with Crippen LogP contribution in [0.5, 0.6) is 0 Å². The third-order valence-electron chi connectivity index (χ3n) is 4.45. The van der Waals surface area contributed by atoms with Crippen LogP contribution in [0, 0.1) is 0 Å². The van der Waals surface area contributed by atoms with Crippen LogP contribution in [-0.4, -0.2) is 19.5 Å². The van der Waals surface area contributed by atoms with E-state index in [0.29, 0.717) is 13.0 Å². The average Bonchev–Trinajstić information content (AvgIpc) is 2.72. The van der Waals surface area contributed by atoms with Crippen molar-refractivity contribution < 1.29 is 4.79 Å². The van der Waals surface area contributed by atoms with E-state index in [9.17, 15) is 4.79 Å². The van der Waals surface area contributed by atoms with E-state index in [2.05, 4.69) is 29.2 Å². The van der Waals surface area contributed by atoms with Crippen molar-refractivity contribution in [1.29, 1.82) is 0 Å². The van der Waals surface area contributed by atoms with E-state index < -0.39 is 0 Å². The van der Waals surface area contributed by atoms with Gasteiger partial charge in [-0.2, -0.15) is 0 Å². The van der Waals surface area contributed by atoms with E-state index >= 15 is 0 Å². The van der Waals surface area contributed by atoms with Crippen LogP contribution >= 0.6 is 0 Å². The summed E-state index contributed by atoms with van der Waals surface area (Å²) in [7, 11) is 1.84. The Kier molecular flexibility index (Phi) is 6.05. The van der Waals surface area contributed by atoms with Gasteiger partial charge in [-0.3, -0.25) is 4.79 Å². The van der Waals surface area contributed by atoms with Gasteiger partial charge in [0.05, 0.1) is 0 Å². The Morgan fingerprint density at radius 3 is 1.81 bits per heavy atom.